The molecule has 2 rings (SSSR count). The van der Waals surface area contributed by atoms with E-state index in [0.717, 1.165) is 17.4 Å². The first-order chi connectivity index (χ1) is 9.89. The molecule has 0 saturated carbocycles. The van der Waals surface area contributed by atoms with Crippen LogP contribution in [0, 0.1) is 0 Å². The van der Waals surface area contributed by atoms with Crippen LogP contribution in [0.1, 0.15) is 10.4 Å². The molecule has 5 nitrogen and oxygen atoms in total. The molecule has 110 valence electrons. The number of carbonyl (C=O) groups excluding carboxylic acids is 1. The Kier molecular flexibility index (Phi) is 4.28. The number of hydrogen-bond donors (Lipinski definition) is 1. The Morgan fingerprint density at radius 3 is 2.29 bits per heavy atom. The monoisotopic (exact) mass is 305 g/mol. The van der Waals surface area contributed by atoms with E-state index in [4.69, 9.17) is 0 Å². The van der Waals surface area contributed by atoms with Crippen molar-refractivity contribution in [1.82, 2.24) is 0 Å². The average Bonchev–Trinajstić information content (AvgIpc) is 2.45. The summed E-state index contributed by atoms with van der Waals surface area (Å²) < 4.78 is 29.5. The Balaban J connectivity index is 2.30. The first-order valence-corrected chi connectivity index (χ1v) is 8.05. The molecule has 6 heteroatoms. The van der Waals surface area contributed by atoms with Crippen LogP contribution in [0.15, 0.2) is 48.5 Å². The number of hydrogen-bond acceptors (Lipinski definition) is 4. The van der Waals surface area contributed by atoms with Crippen LogP contribution in [0.5, 0.6) is 0 Å². The minimum Gasteiger partial charge on any atom is -0.465 e. The van der Waals surface area contributed by atoms with Crippen molar-refractivity contribution in [2.45, 2.75) is 0 Å². The molecule has 0 spiro atoms. The van der Waals surface area contributed by atoms with Gasteiger partial charge in [0, 0.05) is 5.69 Å². The highest BCUT2D eigenvalue weighted by Crippen LogP contribution is 2.23. The van der Waals surface area contributed by atoms with Crippen molar-refractivity contribution in [2.75, 3.05) is 18.1 Å². The van der Waals surface area contributed by atoms with Gasteiger partial charge in [-0.3, -0.25) is 4.72 Å². The van der Waals surface area contributed by atoms with Gasteiger partial charge in [0.15, 0.2) is 0 Å². The minimum absolute atomic E-state index is 0.394. The number of rotatable bonds is 4. The molecule has 0 bridgehead atoms. The van der Waals surface area contributed by atoms with E-state index in [1.54, 1.807) is 42.5 Å². The lowest BCUT2D eigenvalue weighted by Gasteiger charge is -2.07. The third kappa shape index (κ3) is 4.06. The summed E-state index contributed by atoms with van der Waals surface area (Å²) in [6.45, 7) is 0. The van der Waals surface area contributed by atoms with Gasteiger partial charge in [0.25, 0.3) is 0 Å². The summed E-state index contributed by atoms with van der Waals surface area (Å²) in [6.07, 6.45) is 1.10. The maximum absolute atomic E-state index is 11.4. The molecule has 0 aliphatic carbocycles. The van der Waals surface area contributed by atoms with Crippen LogP contribution in [-0.2, 0) is 14.8 Å². The van der Waals surface area contributed by atoms with E-state index in [1.165, 1.54) is 7.11 Å². The zero-order valence-corrected chi connectivity index (χ0v) is 12.5. The Labute approximate surface area is 123 Å². The fourth-order valence-electron chi connectivity index (χ4n) is 1.89. The summed E-state index contributed by atoms with van der Waals surface area (Å²) in [5, 5.41) is 0. The molecular weight excluding hydrogens is 290 g/mol. The first kappa shape index (κ1) is 15.1. The fourth-order valence-corrected chi connectivity index (χ4v) is 2.45. The summed E-state index contributed by atoms with van der Waals surface area (Å²) in [7, 11) is -1.98. The lowest BCUT2D eigenvalue weighted by atomic mass is 10.0. The number of methoxy groups -OCH3 is 1. The molecular formula is C15H15NO4S. The summed E-state index contributed by atoms with van der Waals surface area (Å²) in [5.74, 6) is -0.394. The zero-order valence-electron chi connectivity index (χ0n) is 11.7. The molecule has 1 N–H and O–H groups in total. The van der Waals surface area contributed by atoms with Crippen LogP contribution < -0.4 is 4.72 Å². The lowest BCUT2D eigenvalue weighted by Crippen LogP contribution is -2.09. The van der Waals surface area contributed by atoms with Crippen LogP contribution >= 0.6 is 0 Å². The van der Waals surface area contributed by atoms with Gasteiger partial charge >= 0.3 is 5.97 Å². The third-order valence-electron chi connectivity index (χ3n) is 2.81. The molecule has 0 saturated heterocycles. The van der Waals surface area contributed by atoms with E-state index in [-0.39, 0.29) is 0 Å². The van der Waals surface area contributed by atoms with Gasteiger partial charge in [-0.15, -0.1) is 0 Å². The molecule has 0 aliphatic heterocycles. The van der Waals surface area contributed by atoms with Gasteiger partial charge < -0.3 is 4.74 Å². The minimum atomic E-state index is -3.31. The van der Waals surface area contributed by atoms with E-state index in [1.807, 2.05) is 6.07 Å². The quantitative estimate of drug-likeness (QED) is 0.881. The number of anilines is 1. The van der Waals surface area contributed by atoms with Gasteiger partial charge in [0.1, 0.15) is 0 Å². The highest BCUT2D eigenvalue weighted by atomic mass is 32.2. The Morgan fingerprint density at radius 2 is 1.71 bits per heavy atom. The number of esters is 1. The highest BCUT2D eigenvalue weighted by Gasteiger charge is 2.07. The van der Waals surface area contributed by atoms with Crippen molar-refractivity contribution >= 4 is 21.7 Å². The van der Waals surface area contributed by atoms with Crippen LogP contribution in [0.2, 0.25) is 0 Å². The number of ether oxygens (including phenoxy) is 1. The van der Waals surface area contributed by atoms with Crippen molar-refractivity contribution in [2.24, 2.45) is 0 Å². The van der Waals surface area contributed by atoms with Gasteiger partial charge in [-0.25, -0.2) is 13.2 Å². The van der Waals surface area contributed by atoms with Gasteiger partial charge in [-0.05, 0) is 35.4 Å². The van der Waals surface area contributed by atoms with E-state index >= 15 is 0 Å². The predicted octanol–water partition coefficient (Wildman–Crippen LogP) is 2.51. The molecule has 0 heterocycles. The lowest BCUT2D eigenvalue weighted by molar-refractivity contribution is 0.0600. The van der Waals surface area contributed by atoms with Crippen molar-refractivity contribution in [3.05, 3.63) is 54.1 Å². The first-order valence-electron chi connectivity index (χ1n) is 6.15. The normalized spacial score (nSPS) is 11.0. The van der Waals surface area contributed by atoms with Crippen LogP contribution in [0.4, 0.5) is 5.69 Å². The SMILES string of the molecule is COC(=O)c1ccc(-c2cccc(NS(C)(=O)=O)c2)cc1. The number of nitrogens with one attached hydrogen (secondary N) is 1. The van der Waals surface area contributed by atoms with Gasteiger partial charge in [-0.1, -0.05) is 24.3 Å². The maximum atomic E-state index is 11.4. The summed E-state index contributed by atoms with van der Waals surface area (Å²) in [4.78, 5) is 11.4. The average molecular weight is 305 g/mol. The second-order valence-electron chi connectivity index (χ2n) is 4.52. The number of carbonyl (C=O) groups is 1. The molecule has 0 unspecified atom stereocenters. The molecule has 0 fully saturated rings. The number of sulfonamides is 1. The summed E-state index contributed by atoms with van der Waals surface area (Å²) >= 11 is 0. The Hall–Kier alpha value is -2.34. The topological polar surface area (TPSA) is 72.5 Å². The molecule has 0 aliphatic rings. The van der Waals surface area contributed by atoms with Crippen molar-refractivity contribution in [3.63, 3.8) is 0 Å². The van der Waals surface area contributed by atoms with E-state index in [9.17, 15) is 13.2 Å². The third-order valence-corrected chi connectivity index (χ3v) is 3.41. The standard InChI is InChI=1S/C15H15NO4S/c1-20-15(17)12-8-6-11(7-9-12)13-4-3-5-14(10-13)16-21(2,18)19/h3-10,16H,1-2H3. The van der Waals surface area contributed by atoms with Gasteiger partial charge in [0.2, 0.25) is 10.0 Å². The molecule has 0 atom stereocenters. The van der Waals surface area contributed by atoms with E-state index < -0.39 is 16.0 Å². The second kappa shape index (κ2) is 5.97. The van der Waals surface area contributed by atoms with Crippen molar-refractivity contribution in [1.29, 1.82) is 0 Å². The Morgan fingerprint density at radius 1 is 1.05 bits per heavy atom. The molecule has 2 aromatic carbocycles. The van der Waals surface area contributed by atoms with Crippen LogP contribution in [0.3, 0.4) is 0 Å². The Bertz CT molecular complexity index is 751. The largest absolute Gasteiger partial charge is 0.465 e. The van der Waals surface area contributed by atoms with Gasteiger partial charge in [0.05, 0.1) is 18.9 Å². The second-order valence-corrected chi connectivity index (χ2v) is 6.27. The van der Waals surface area contributed by atoms with Gasteiger partial charge in [-0.2, -0.15) is 0 Å². The van der Waals surface area contributed by atoms with Crippen LogP contribution in [0.25, 0.3) is 11.1 Å². The van der Waals surface area contributed by atoms with E-state index in [2.05, 4.69) is 9.46 Å². The van der Waals surface area contributed by atoms with Crippen LogP contribution in [-0.4, -0.2) is 27.8 Å². The molecule has 0 radical (unpaired) electrons. The predicted molar refractivity (Wildman–Crippen MR) is 81.7 cm³/mol. The molecule has 2 aromatic rings. The molecule has 0 aromatic heterocycles. The molecule has 0 amide bonds. The smallest absolute Gasteiger partial charge is 0.337 e. The summed E-state index contributed by atoms with van der Waals surface area (Å²) in [5.41, 5.74) is 2.68. The number of benzene rings is 2. The van der Waals surface area contributed by atoms with Crippen molar-refractivity contribution in [3.8, 4) is 11.1 Å². The maximum Gasteiger partial charge on any atom is 0.337 e. The zero-order chi connectivity index (χ0) is 15.5. The highest BCUT2D eigenvalue weighted by molar-refractivity contribution is 7.92. The summed E-state index contributed by atoms with van der Waals surface area (Å²) in [6, 6.07) is 13.9. The van der Waals surface area contributed by atoms with E-state index in [0.29, 0.717) is 11.3 Å². The fraction of sp³-hybridized carbons (Fsp3) is 0.133. The molecule has 21 heavy (non-hydrogen) atoms. The van der Waals surface area contributed by atoms with Crippen molar-refractivity contribution < 1.29 is 17.9 Å².